The molecule has 9 nitrogen and oxygen atoms in total. The Bertz CT molecular complexity index is 1170. The number of methoxy groups -OCH3 is 1. The van der Waals surface area contributed by atoms with Gasteiger partial charge in [-0.2, -0.15) is 0 Å². The van der Waals surface area contributed by atoms with Gasteiger partial charge < -0.3 is 30.0 Å². The van der Waals surface area contributed by atoms with E-state index in [1.807, 2.05) is 0 Å². The third kappa shape index (κ3) is 4.59. The molecule has 0 spiro atoms. The quantitative estimate of drug-likeness (QED) is 0.558. The minimum Gasteiger partial charge on any atom is -0.378 e. The zero-order chi connectivity index (χ0) is 24.4. The number of anilines is 1. The van der Waals surface area contributed by atoms with Crippen molar-refractivity contribution < 1.29 is 28.2 Å². The van der Waals surface area contributed by atoms with E-state index in [9.17, 15) is 18.8 Å². The highest BCUT2D eigenvalue weighted by atomic mass is 19.1. The number of aromatic nitrogens is 1. The third-order valence-electron chi connectivity index (χ3n) is 6.09. The van der Waals surface area contributed by atoms with Crippen LogP contribution in [0.2, 0.25) is 0 Å². The highest BCUT2D eigenvalue weighted by Crippen LogP contribution is 2.34. The number of halogens is 1. The van der Waals surface area contributed by atoms with Crippen LogP contribution in [0.4, 0.5) is 10.1 Å². The lowest BCUT2D eigenvalue weighted by Gasteiger charge is -2.29. The molecule has 0 radical (unpaired) electrons. The van der Waals surface area contributed by atoms with E-state index in [1.54, 1.807) is 24.8 Å². The summed E-state index contributed by atoms with van der Waals surface area (Å²) in [6.07, 6.45) is 0.802. The van der Waals surface area contributed by atoms with E-state index in [2.05, 4.69) is 15.6 Å². The number of nitrogens with zero attached hydrogens (tertiary/aromatic N) is 1. The first-order valence-electron chi connectivity index (χ1n) is 11.0. The Labute approximate surface area is 196 Å². The van der Waals surface area contributed by atoms with Crippen LogP contribution in [0.5, 0.6) is 0 Å². The first-order valence-corrected chi connectivity index (χ1v) is 11.0. The van der Waals surface area contributed by atoms with Crippen LogP contribution in [0, 0.1) is 19.7 Å². The molecule has 1 atom stereocenters. The van der Waals surface area contributed by atoms with Crippen LogP contribution in [0.3, 0.4) is 0 Å². The Kier molecular flexibility index (Phi) is 6.80. The lowest BCUT2D eigenvalue weighted by Crippen LogP contribution is -2.49. The van der Waals surface area contributed by atoms with Crippen molar-refractivity contribution >= 4 is 35.1 Å². The van der Waals surface area contributed by atoms with Crippen molar-refractivity contribution in [2.45, 2.75) is 20.0 Å². The summed E-state index contributed by atoms with van der Waals surface area (Å²) in [7, 11) is 1.43. The molecule has 3 N–H and O–H groups in total. The first kappa shape index (κ1) is 23.7. The summed E-state index contributed by atoms with van der Waals surface area (Å²) in [5, 5.41) is 5.49. The Morgan fingerprint density at radius 3 is 2.74 bits per heavy atom. The van der Waals surface area contributed by atoms with Crippen molar-refractivity contribution in [3.63, 3.8) is 0 Å². The molecular weight excluding hydrogens is 443 g/mol. The maximum Gasteiger partial charge on any atom is 0.256 e. The van der Waals surface area contributed by atoms with E-state index in [0.29, 0.717) is 65.6 Å². The van der Waals surface area contributed by atoms with Gasteiger partial charge >= 0.3 is 0 Å². The number of hydrogen-bond donors (Lipinski definition) is 3. The SMILES string of the molecule is COC(CNC(=O)c1c(C)[nH]c(/C=C2\C(=O)Nc3ccc(F)cc32)c1C)C(=O)N1CCOCC1. The van der Waals surface area contributed by atoms with Crippen molar-refractivity contribution in [2.75, 3.05) is 45.3 Å². The van der Waals surface area contributed by atoms with Crippen LogP contribution in [-0.4, -0.2) is 73.7 Å². The van der Waals surface area contributed by atoms with Gasteiger partial charge in [0.05, 0.1) is 30.9 Å². The van der Waals surface area contributed by atoms with Gasteiger partial charge in [0.15, 0.2) is 6.10 Å². The Morgan fingerprint density at radius 2 is 2.03 bits per heavy atom. The molecule has 2 aromatic rings. The molecule has 1 fully saturated rings. The van der Waals surface area contributed by atoms with Crippen LogP contribution in [0.15, 0.2) is 18.2 Å². The maximum atomic E-state index is 13.7. The molecule has 1 saturated heterocycles. The van der Waals surface area contributed by atoms with Crippen molar-refractivity contribution in [3.8, 4) is 0 Å². The molecule has 2 aliphatic rings. The molecule has 2 aliphatic heterocycles. The largest absolute Gasteiger partial charge is 0.378 e. The Morgan fingerprint density at radius 1 is 1.29 bits per heavy atom. The van der Waals surface area contributed by atoms with Crippen LogP contribution in [0.25, 0.3) is 11.6 Å². The smallest absolute Gasteiger partial charge is 0.256 e. The van der Waals surface area contributed by atoms with E-state index in [-0.39, 0.29) is 24.3 Å². The van der Waals surface area contributed by atoms with E-state index >= 15 is 0 Å². The number of ether oxygens (including phenoxy) is 2. The number of morpholine rings is 1. The second-order valence-electron chi connectivity index (χ2n) is 8.24. The molecule has 1 aromatic carbocycles. The Balaban J connectivity index is 1.51. The highest BCUT2D eigenvalue weighted by Gasteiger charge is 2.28. The number of carbonyl (C=O) groups is 3. The average Bonchev–Trinajstić information content (AvgIpc) is 3.29. The average molecular weight is 471 g/mol. The van der Waals surface area contributed by atoms with E-state index in [0.717, 1.165) is 0 Å². The third-order valence-corrected chi connectivity index (χ3v) is 6.09. The van der Waals surface area contributed by atoms with Crippen molar-refractivity contribution in [3.05, 3.63) is 52.1 Å². The maximum absolute atomic E-state index is 13.7. The lowest BCUT2D eigenvalue weighted by molar-refractivity contribution is -0.145. The molecule has 10 heteroatoms. The summed E-state index contributed by atoms with van der Waals surface area (Å²) >= 11 is 0. The number of fused-ring (bicyclic) bond motifs is 1. The Hall–Kier alpha value is -3.50. The summed E-state index contributed by atoms with van der Waals surface area (Å²) in [6, 6.07) is 4.10. The number of aryl methyl sites for hydroxylation is 1. The van der Waals surface area contributed by atoms with Gasteiger partial charge in [-0.05, 0) is 43.7 Å². The van der Waals surface area contributed by atoms with Crippen LogP contribution >= 0.6 is 0 Å². The van der Waals surface area contributed by atoms with Gasteiger partial charge in [-0.25, -0.2) is 4.39 Å². The molecule has 0 saturated carbocycles. The summed E-state index contributed by atoms with van der Waals surface area (Å²) in [5.74, 6) is -1.35. The highest BCUT2D eigenvalue weighted by molar-refractivity contribution is 6.34. The molecule has 1 aromatic heterocycles. The standard InChI is InChI=1S/C24H27FN4O5/c1-13-19(11-17-16-10-15(25)4-5-18(16)28-22(17)30)27-14(2)21(13)23(31)26-12-20(33-3)24(32)29-6-8-34-9-7-29/h4-5,10-11,20,27H,6-9,12H2,1-3H3,(H,26,31)(H,28,30)/b17-11-. The molecule has 0 bridgehead atoms. The fourth-order valence-corrected chi connectivity index (χ4v) is 4.24. The number of nitrogens with one attached hydrogen (secondary N) is 3. The summed E-state index contributed by atoms with van der Waals surface area (Å²) in [6.45, 7) is 5.45. The molecule has 34 heavy (non-hydrogen) atoms. The van der Waals surface area contributed by atoms with Gasteiger partial charge in [0.25, 0.3) is 17.7 Å². The number of carbonyl (C=O) groups excluding carboxylic acids is 3. The van der Waals surface area contributed by atoms with Gasteiger partial charge in [0.1, 0.15) is 5.82 Å². The summed E-state index contributed by atoms with van der Waals surface area (Å²) in [4.78, 5) is 42.9. The molecular formula is C24H27FN4O5. The predicted octanol–water partition coefficient (Wildman–Crippen LogP) is 1.87. The number of benzene rings is 1. The number of amides is 3. The number of aromatic amines is 1. The van der Waals surface area contributed by atoms with Crippen molar-refractivity contribution in [1.29, 1.82) is 0 Å². The normalized spacial score (nSPS) is 17.5. The molecule has 0 aliphatic carbocycles. The first-order chi connectivity index (χ1) is 16.3. The zero-order valence-electron chi connectivity index (χ0n) is 19.3. The van der Waals surface area contributed by atoms with Gasteiger partial charge in [-0.3, -0.25) is 14.4 Å². The number of H-pyrrole nitrogens is 1. The second-order valence-corrected chi connectivity index (χ2v) is 8.24. The summed E-state index contributed by atoms with van der Waals surface area (Å²) < 4.78 is 24.3. The molecule has 1 unspecified atom stereocenters. The van der Waals surface area contributed by atoms with E-state index < -0.39 is 11.9 Å². The minimum absolute atomic E-state index is 0.0149. The van der Waals surface area contributed by atoms with Gasteiger partial charge in [0, 0.05) is 42.8 Å². The van der Waals surface area contributed by atoms with Gasteiger partial charge in [0.2, 0.25) is 0 Å². The van der Waals surface area contributed by atoms with Crippen molar-refractivity contribution in [1.82, 2.24) is 15.2 Å². The zero-order valence-corrected chi connectivity index (χ0v) is 19.3. The number of rotatable bonds is 6. The molecule has 180 valence electrons. The van der Waals surface area contributed by atoms with Crippen molar-refractivity contribution in [2.24, 2.45) is 0 Å². The van der Waals surface area contributed by atoms with Gasteiger partial charge in [-0.15, -0.1) is 0 Å². The van der Waals surface area contributed by atoms with Crippen LogP contribution in [0.1, 0.15) is 32.9 Å². The lowest BCUT2D eigenvalue weighted by atomic mass is 10.0. The fourth-order valence-electron chi connectivity index (χ4n) is 4.24. The molecule has 3 amide bonds. The predicted molar refractivity (Wildman–Crippen MR) is 124 cm³/mol. The van der Waals surface area contributed by atoms with E-state index in [4.69, 9.17) is 9.47 Å². The summed E-state index contributed by atoms with van der Waals surface area (Å²) in [5.41, 5.74) is 3.53. The minimum atomic E-state index is -0.809. The number of hydrogen-bond acceptors (Lipinski definition) is 5. The monoisotopic (exact) mass is 470 g/mol. The topological polar surface area (TPSA) is 113 Å². The molecule has 4 rings (SSSR count). The van der Waals surface area contributed by atoms with Crippen LogP contribution in [-0.2, 0) is 19.1 Å². The second kappa shape index (κ2) is 9.78. The van der Waals surface area contributed by atoms with Gasteiger partial charge in [-0.1, -0.05) is 0 Å². The molecule has 3 heterocycles. The van der Waals surface area contributed by atoms with Crippen LogP contribution < -0.4 is 10.6 Å². The van der Waals surface area contributed by atoms with E-state index in [1.165, 1.54) is 25.3 Å². The fraction of sp³-hybridized carbons (Fsp3) is 0.375.